The predicted octanol–water partition coefficient (Wildman–Crippen LogP) is -0.648. The molecule has 0 bridgehead atoms. The van der Waals surface area contributed by atoms with E-state index in [1.54, 1.807) is 6.92 Å². The van der Waals surface area contributed by atoms with Gasteiger partial charge in [-0.1, -0.05) is 6.92 Å². The zero-order chi connectivity index (χ0) is 7.44. The maximum atomic E-state index is 10.2. The van der Waals surface area contributed by atoms with Crippen LogP contribution in [0.3, 0.4) is 0 Å². The van der Waals surface area contributed by atoms with Crippen LogP contribution in [0.15, 0.2) is 0 Å². The molecule has 0 rings (SSSR count). The van der Waals surface area contributed by atoms with E-state index in [-0.39, 0.29) is 43.7 Å². The van der Waals surface area contributed by atoms with E-state index in [2.05, 4.69) is 0 Å². The van der Waals surface area contributed by atoms with E-state index < -0.39 is 5.97 Å². The first-order valence-electron chi connectivity index (χ1n) is 2.91. The second kappa shape index (κ2) is 6.40. The Hall–Kier alpha value is 0.690. The molecule has 10 heavy (non-hydrogen) atoms. The van der Waals surface area contributed by atoms with Crippen molar-refractivity contribution in [1.29, 1.82) is 0 Å². The van der Waals surface area contributed by atoms with E-state index in [1.807, 2.05) is 19.0 Å². The van der Waals surface area contributed by atoms with Crippen LogP contribution in [0.25, 0.3) is 0 Å². The first kappa shape index (κ1) is 13.3. The first-order chi connectivity index (χ1) is 4.04. The van der Waals surface area contributed by atoms with Gasteiger partial charge in [0.1, 0.15) is 0 Å². The standard InChI is InChI=1S/C6H13NO2.Ca.2H/c1-5(6(8)9)4-7(2)3;;;/h5H,4H2,1-3H3,(H,8,9);;;. The van der Waals surface area contributed by atoms with Gasteiger partial charge in [0.15, 0.2) is 0 Å². The number of hydrogen-bond donors (Lipinski definition) is 1. The molecule has 0 amide bonds. The molecule has 0 aliphatic rings. The molecule has 0 aliphatic carbocycles. The molecular formula is C6H15CaNO2. The topological polar surface area (TPSA) is 40.5 Å². The number of aliphatic carboxylic acids is 1. The molecule has 0 saturated carbocycles. The van der Waals surface area contributed by atoms with Crippen LogP contribution in [0.2, 0.25) is 0 Å². The molecule has 0 saturated heterocycles. The molecule has 0 aromatic rings. The molecule has 0 radical (unpaired) electrons. The molecule has 1 N–H and O–H groups in total. The van der Waals surface area contributed by atoms with Crippen LogP contribution in [0, 0.1) is 5.92 Å². The van der Waals surface area contributed by atoms with Crippen molar-refractivity contribution in [3.63, 3.8) is 0 Å². The van der Waals surface area contributed by atoms with Crippen molar-refractivity contribution < 1.29 is 9.90 Å². The maximum absolute atomic E-state index is 10.2. The average Bonchev–Trinajstić information content (AvgIpc) is 1.63. The van der Waals surface area contributed by atoms with E-state index in [1.165, 1.54) is 0 Å². The fraction of sp³-hybridized carbons (Fsp3) is 0.833. The van der Waals surface area contributed by atoms with Crippen LogP contribution in [0.5, 0.6) is 0 Å². The number of nitrogens with zero attached hydrogens (tertiary/aromatic N) is 1. The van der Waals surface area contributed by atoms with E-state index in [9.17, 15) is 4.79 Å². The third-order valence-electron chi connectivity index (χ3n) is 1.06. The molecule has 0 aromatic carbocycles. The third-order valence-corrected chi connectivity index (χ3v) is 1.06. The zero-order valence-corrected chi connectivity index (χ0v) is 6.09. The van der Waals surface area contributed by atoms with Gasteiger partial charge in [-0.3, -0.25) is 4.79 Å². The first-order valence-corrected chi connectivity index (χ1v) is 2.91. The Kier molecular flexibility index (Phi) is 8.51. The molecule has 4 heteroatoms. The minimum absolute atomic E-state index is 0. The van der Waals surface area contributed by atoms with Crippen molar-refractivity contribution in [2.45, 2.75) is 6.92 Å². The van der Waals surface area contributed by atoms with Gasteiger partial charge in [-0.05, 0) is 14.1 Å². The molecule has 3 nitrogen and oxygen atoms in total. The average molecular weight is 173 g/mol. The summed E-state index contributed by atoms with van der Waals surface area (Å²) < 4.78 is 0. The monoisotopic (exact) mass is 173 g/mol. The van der Waals surface area contributed by atoms with Gasteiger partial charge in [0.05, 0.1) is 5.92 Å². The SMILES string of the molecule is CC(CN(C)C)C(=O)O.[CaH2]. The van der Waals surface area contributed by atoms with Crippen LogP contribution < -0.4 is 0 Å². The second-order valence-electron chi connectivity index (χ2n) is 2.50. The summed E-state index contributed by atoms with van der Waals surface area (Å²) in [5, 5.41) is 8.40. The summed E-state index contributed by atoms with van der Waals surface area (Å²) in [7, 11) is 3.72. The summed E-state index contributed by atoms with van der Waals surface area (Å²) in [6.07, 6.45) is 0. The second-order valence-corrected chi connectivity index (χ2v) is 2.50. The Morgan fingerprint density at radius 3 is 2.10 bits per heavy atom. The molecule has 0 heterocycles. The van der Waals surface area contributed by atoms with Crippen molar-refractivity contribution in [2.75, 3.05) is 20.6 Å². The fourth-order valence-electron chi connectivity index (χ4n) is 0.626. The summed E-state index contributed by atoms with van der Waals surface area (Å²) in [4.78, 5) is 12.1. The Labute approximate surface area is 91.4 Å². The van der Waals surface area contributed by atoms with Gasteiger partial charge in [0.25, 0.3) is 0 Å². The van der Waals surface area contributed by atoms with Gasteiger partial charge in [0, 0.05) is 6.54 Å². The summed E-state index contributed by atoms with van der Waals surface area (Å²) in [5.74, 6) is -0.997. The Morgan fingerprint density at radius 1 is 1.60 bits per heavy atom. The van der Waals surface area contributed by atoms with Crippen LogP contribution >= 0.6 is 0 Å². The molecule has 0 aromatic heterocycles. The quantitative estimate of drug-likeness (QED) is 0.577. The summed E-state index contributed by atoms with van der Waals surface area (Å²) >= 11 is 0. The van der Waals surface area contributed by atoms with Crippen molar-refractivity contribution in [2.24, 2.45) is 5.92 Å². The number of hydrogen-bond acceptors (Lipinski definition) is 2. The Bertz CT molecular complexity index is 106. The molecule has 1 atom stereocenters. The predicted molar refractivity (Wildman–Crippen MR) is 43.9 cm³/mol. The van der Waals surface area contributed by atoms with Crippen LogP contribution in [0.4, 0.5) is 0 Å². The summed E-state index contributed by atoms with van der Waals surface area (Å²) in [6, 6.07) is 0. The van der Waals surface area contributed by atoms with Gasteiger partial charge in [-0.15, -0.1) is 0 Å². The third kappa shape index (κ3) is 6.80. The van der Waals surface area contributed by atoms with E-state index in [4.69, 9.17) is 5.11 Å². The minimum atomic E-state index is -0.733. The Morgan fingerprint density at radius 2 is 2.00 bits per heavy atom. The van der Waals surface area contributed by atoms with Gasteiger partial charge in [0.2, 0.25) is 0 Å². The van der Waals surface area contributed by atoms with Crippen molar-refractivity contribution in [3.8, 4) is 0 Å². The van der Waals surface area contributed by atoms with Gasteiger partial charge < -0.3 is 10.0 Å². The molecule has 0 fully saturated rings. The van der Waals surface area contributed by atoms with Crippen molar-refractivity contribution >= 4 is 43.7 Å². The van der Waals surface area contributed by atoms with Crippen LogP contribution in [0.1, 0.15) is 6.92 Å². The van der Waals surface area contributed by atoms with E-state index >= 15 is 0 Å². The number of carboxylic acid groups (broad SMARTS) is 1. The molecular weight excluding hydrogens is 158 g/mol. The zero-order valence-electron chi connectivity index (χ0n) is 6.09. The van der Waals surface area contributed by atoms with E-state index in [0.29, 0.717) is 6.54 Å². The number of carbonyl (C=O) groups is 1. The van der Waals surface area contributed by atoms with Gasteiger partial charge >= 0.3 is 43.7 Å². The molecule has 58 valence electrons. The van der Waals surface area contributed by atoms with Gasteiger partial charge in [-0.25, -0.2) is 0 Å². The molecule has 0 spiro atoms. The number of rotatable bonds is 3. The van der Waals surface area contributed by atoms with Crippen molar-refractivity contribution in [3.05, 3.63) is 0 Å². The summed E-state index contributed by atoms with van der Waals surface area (Å²) in [5.41, 5.74) is 0. The van der Waals surface area contributed by atoms with Gasteiger partial charge in [-0.2, -0.15) is 0 Å². The van der Waals surface area contributed by atoms with Crippen LogP contribution in [-0.2, 0) is 4.79 Å². The number of carboxylic acids is 1. The summed E-state index contributed by atoms with van der Waals surface area (Å²) in [6.45, 7) is 2.30. The van der Waals surface area contributed by atoms with E-state index in [0.717, 1.165) is 0 Å². The molecule has 1 unspecified atom stereocenters. The molecule has 0 aliphatic heterocycles. The van der Waals surface area contributed by atoms with Crippen LogP contribution in [-0.4, -0.2) is 74.4 Å². The van der Waals surface area contributed by atoms with Crippen molar-refractivity contribution in [1.82, 2.24) is 4.90 Å². The Balaban J connectivity index is 0. The fourth-order valence-corrected chi connectivity index (χ4v) is 0.626. The normalized spacial score (nSPS) is 12.4.